The van der Waals surface area contributed by atoms with Crippen LogP contribution in [-0.2, 0) is 11.2 Å². The molecule has 24 heavy (non-hydrogen) atoms. The molecule has 0 fully saturated rings. The SMILES string of the molecule is CC(NC(=O)Cc1ccc(-n2cccc2)cc1)c1ccc(F)cc1. The van der Waals surface area contributed by atoms with E-state index in [2.05, 4.69) is 5.32 Å². The summed E-state index contributed by atoms with van der Waals surface area (Å²) in [4.78, 5) is 12.2. The summed E-state index contributed by atoms with van der Waals surface area (Å²) in [6.45, 7) is 1.89. The molecule has 1 unspecified atom stereocenters. The number of hydrogen-bond donors (Lipinski definition) is 1. The van der Waals surface area contributed by atoms with Crippen molar-refractivity contribution in [3.8, 4) is 5.69 Å². The molecule has 1 amide bonds. The molecule has 1 atom stereocenters. The van der Waals surface area contributed by atoms with E-state index in [-0.39, 0.29) is 17.8 Å². The molecule has 3 nitrogen and oxygen atoms in total. The van der Waals surface area contributed by atoms with Gasteiger partial charge in [-0.05, 0) is 54.4 Å². The zero-order chi connectivity index (χ0) is 16.9. The second kappa shape index (κ2) is 7.13. The molecule has 0 saturated heterocycles. The Labute approximate surface area is 140 Å². The molecule has 3 aromatic rings. The molecule has 0 bridgehead atoms. The molecule has 2 aromatic carbocycles. The van der Waals surface area contributed by atoms with Gasteiger partial charge in [-0.15, -0.1) is 0 Å². The first-order valence-electron chi connectivity index (χ1n) is 7.89. The predicted octanol–water partition coefficient (Wildman–Crippen LogP) is 4.04. The van der Waals surface area contributed by atoms with Gasteiger partial charge in [-0.2, -0.15) is 0 Å². The Bertz CT molecular complexity index is 793. The van der Waals surface area contributed by atoms with Gasteiger partial charge in [0.1, 0.15) is 5.82 Å². The van der Waals surface area contributed by atoms with Gasteiger partial charge in [-0.25, -0.2) is 4.39 Å². The van der Waals surface area contributed by atoms with Gasteiger partial charge in [-0.1, -0.05) is 24.3 Å². The summed E-state index contributed by atoms with van der Waals surface area (Å²) < 4.78 is 15.0. The summed E-state index contributed by atoms with van der Waals surface area (Å²) in [7, 11) is 0. The first kappa shape index (κ1) is 16.0. The van der Waals surface area contributed by atoms with Gasteiger partial charge in [0, 0.05) is 18.1 Å². The lowest BCUT2D eigenvalue weighted by Crippen LogP contribution is -2.28. The minimum atomic E-state index is -0.278. The van der Waals surface area contributed by atoms with Crippen LogP contribution in [0.3, 0.4) is 0 Å². The van der Waals surface area contributed by atoms with Gasteiger partial charge in [0.2, 0.25) is 5.91 Å². The van der Waals surface area contributed by atoms with Crippen LogP contribution < -0.4 is 5.32 Å². The number of nitrogens with zero attached hydrogens (tertiary/aromatic N) is 1. The van der Waals surface area contributed by atoms with Crippen molar-refractivity contribution >= 4 is 5.91 Å². The standard InChI is InChI=1S/C20H19FN2O/c1-15(17-6-8-18(21)9-7-17)22-20(24)14-16-4-10-19(11-5-16)23-12-2-3-13-23/h2-13,15H,14H2,1H3,(H,22,24). The topological polar surface area (TPSA) is 34.0 Å². The number of amides is 1. The Kier molecular flexibility index (Phi) is 4.75. The Hall–Kier alpha value is -2.88. The molecule has 0 radical (unpaired) electrons. The van der Waals surface area contributed by atoms with Crippen LogP contribution in [0, 0.1) is 5.82 Å². The largest absolute Gasteiger partial charge is 0.349 e. The molecule has 1 heterocycles. The summed E-state index contributed by atoms with van der Waals surface area (Å²) in [6, 6.07) is 17.9. The van der Waals surface area contributed by atoms with Crippen molar-refractivity contribution in [3.63, 3.8) is 0 Å². The molecule has 4 heteroatoms. The van der Waals surface area contributed by atoms with Crippen LogP contribution in [0.2, 0.25) is 0 Å². The molecule has 1 N–H and O–H groups in total. The molecule has 1 aromatic heterocycles. The zero-order valence-electron chi connectivity index (χ0n) is 13.4. The molecule has 0 spiro atoms. The van der Waals surface area contributed by atoms with Gasteiger partial charge in [0.15, 0.2) is 0 Å². The zero-order valence-corrected chi connectivity index (χ0v) is 13.4. The third-order valence-corrected chi connectivity index (χ3v) is 3.95. The van der Waals surface area contributed by atoms with Crippen LogP contribution in [0.25, 0.3) is 5.69 Å². The van der Waals surface area contributed by atoms with E-state index in [0.717, 1.165) is 16.8 Å². The van der Waals surface area contributed by atoms with Crippen LogP contribution in [-0.4, -0.2) is 10.5 Å². The highest BCUT2D eigenvalue weighted by molar-refractivity contribution is 5.79. The van der Waals surface area contributed by atoms with Crippen molar-refractivity contribution in [2.24, 2.45) is 0 Å². The minimum Gasteiger partial charge on any atom is -0.349 e. The van der Waals surface area contributed by atoms with E-state index < -0.39 is 0 Å². The smallest absolute Gasteiger partial charge is 0.224 e. The third-order valence-electron chi connectivity index (χ3n) is 3.95. The summed E-state index contributed by atoms with van der Waals surface area (Å²) in [5.41, 5.74) is 2.89. The van der Waals surface area contributed by atoms with E-state index >= 15 is 0 Å². The first-order valence-corrected chi connectivity index (χ1v) is 7.89. The number of carbonyl (C=O) groups excluding carboxylic acids is 1. The summed E-state index contributed by atoms with van der Waals surface area (Å²) >= 11 is 0. The maximum atomic E-state index is 12.9. The maximum absolute atomic E-state index is 12.9. The summed E-state index contributed by atoms with van der Waals surface area (Å²) in [5, 5.41) is 2.94. The fourth-order valence-corrected chi connectivity index (χ4v) is 2.61. The van der Waals surface area contributed by atoms with E-state index in [4.69, 9.17) is 0 Å². The molecule has 0 aliphatic carbocycles. The van der Waals surface area contributed by atoms with E-state index in [0.29, 0.717) is 6.42 Å². The number of aromatic nitrogens is 1. The summed E-state index contributed by atoms with van der Waals surface area (Å²) in [6.07, 6.45) is 4.27. The van der Waals surface area contributed by atoms with Crippen molar-refractivity contribution in [2.75, 3.05) is 0 Å². The van der Waals surface area contributed by atoms with Gasteiger partial charge < -0.3 is 9.88 Å². The fraction of sp³-hybridized carbons (Fsp3) is 0.150. The van der Waals surface area contributed by atoms with Gasteiger partial charge >= 0.3 is 0 Å². The van der Waals surface area contributed by atoms with Gasteiger partial charge in [-0.3, -0.25) is 4.79 Å². The minimum absolute atomic E-state index is 0.0551. The average Bonchev–Trinajstić information content (AvgIpc) is 3.10. The molecule has 0 aliphatic heterocycles. The van der Waals surface area contributed by atoms with E-state index in [1.54, 1.807) is 12.1 Å². The third kappa shape index (κ3) is 3.90. The molecule has 3 rings (SSSR count). The monoisotopic (exact) mass is 322 g/mol. The second-order valence-electron chi connectivity index (χ2n) is 5.77. The molecule has 0 aliphatic rings. The lowest BCUT2D eigenvalue weighted by Gasteiger charge is -2.14. The second-order valence-corrected chi connectivity index (χ2v) is 5.77. The number of carbonyl (C=O) groups is 1. The van der Waals surface area contributed by atoms with Crippen LogP contribution >= 0.6 is 0 Å². The van der Waals surface area contributed by atoms with Crippen molar-refractivity contribution in [3.05, 3.63) is 90.0 Å². The number of hydrogen-bond acceptors (Lipinski definition) is 1. The number of rotatable bonds is 5. The quantitative estimate of drug-likeness (QED) is 0.756. The Balaban J connectivity index is 1.59. The van der Waals surface area contributed by atoms with Gasteiger partial charge in [0.05, 0.1) is 12.5 Å². The highest BCUT2D eigenvalue weighted by Crippen LogP contribution is 2.14. The van der Waals surface area contributed by atoms with Crippen molar-refractivity contribution < 1.29 is 9.18 Å². The summed E-state index contributed by atoms with van der Waals surface area (Å²) in [5.74, 6) is -0.333. The Morgan fingerprint density at radius 2 is 1.67 bits per heavy atom. The van der Waals surface area contributed by atoms with E-state index in [1.807, 2.05) is 60.3 Å². The maximum Gasteiger partial charge on any atom is 0.224 e. The average molecular weight is 322 g/mol. The fourth-order valence-electron chi connectivity index (χ4n) is 2.61. The number of halogens is 1. The number of nitrogens with one attached hydrogen (secondary N) is 1. The lowest BCUT2D eigenvalue weighted by atomic mass is 10.1. The number of benzene rings is 2. The normalized spacial score (nSPS) is 11.9. The molecular weight excluding hydrogens is 303 g/mol. The predicted molar refractivity (Wildman–Crippen MR) is 92.4 cm³/mol. The molecule has 0 saturated carbocycles. The first-order chi connectivity index (χ1) is 11.6. The highest BCUT2D eigenvalue weighted by Gasteiger charge is 2.10. The van der Waals surface area contributed by atoms with E-state index in [1.165, 1.54) is 12.1 Å². The van der Waals surface area contributed by atoms with Crippen LogP contribution in [0.15, 0.2) is 73.1 Å². The Morgan fingerprint density at radius 3 is 2.29 bits per heavy atom. The lowest BCUT2D eigenvalue weighted by molar-refractivity contribution is -0.121. The highest BCUT2D eigenvalue weighted by atomic mass is 19.1. The molecule has 122 valence electrons. The Morgan fingerprint density at radius 1 is 1.04 bits per heavy atom. The van der Waals surface area contributed by atoms with Crippen LogP contribution in [0.4, 0.5) is 4.39 Å². The van der Waals surface area contributed by atoms with Crippen molar-refractivity contribution in [1.29, 1.82) is 0 Å². The van der Waals surface area contributed by atoms with E-state index in [9.17, 15) is 9.18 Å². The van der Waals surface area contributed by atoms with Crippen LogP contribution in [0.1, 0.15) is 24.1 Å². The van der Waals surface area contributed by atoms with Crippen molar-refractivity contribution in [2.45, 2.75) is 19.4 Å². The van der Waals surface area contributed by atoms with Crippen LogP contribution in [0.5, 0.6) is 0 Å². The van der Waals surface area contributed by atoms with Gasteiger partial charge in [0.25, 0.3) is 0 Å². The van der Waals surface area contributed by atoms with Crippen molar-refractivity contribution in [1.82, 2.24) is 9.88 Å². The molecular formula is C20H19FN2O.